The van der Waals surface area contributed by atoms with Gasteiger partial charge in [-0.2, -0.15) is 0 Å². The number of thiazole rings is 1. The van der Waals surface area contributed by atoms with Crippen LogP contribution in [0, 0.1) is 0 Å². The number of hydrogen-bond donors (Lipinski definition) is 1. The molecule has 1 aliphatic rings. The predicted molar refractivity (Wildman–Crippen MR) is 85.8 cm³/mol. The van der Waals surface area contributed by atoms with E-state index in [-0.39, 0.29) is 11.9 Å². The van der Waals surface area contributed by atoms with Gasteiger partial charge in [0.1, 0.15) is 10.8 Å². The summed E-state index contributed by atoms with van der Waals surface area (Å²) in [6.07, 6.45) is 2.67. The lowest BCUT2D eigenvalue weighted by Crippen LogP contribution is -2.55. The van der Waals surface area contributed by atoms with E-state index in [2.05, 4.69) is 15.2 Å². The maximum Gasteiger partial charge on any atom is 0.237 e. The van der Waals surface area contributed by atoms with Crippen molar-refractivity contribution in [2.75, 3.05) is 13.7 Å². The van der Waals surface area contributed by atoms with E-state index in [4.69, 9.17) is 4.74 Å². The van der Waals surface area contributed by atoms with Gasteiger partial charge in [0.05, 0.1) is 19.7 Å². The van der Waals surface area contributed by atoms with Crippen molar-refractivity contribution >= 4 is 17.2 Å². The summed E-state index contributed by atoms with van der Waals surface area (Å²) in [6.45, 7) is 2.27. The minimum Gasteiger partial charge on any atom is -0.497 e. The van der Waals surface area contributed by atoms with E-state index in [0.29, 0.717) is 6.54 Å². The molecule has 0 bridgehead atoms. The Labute approximate surface area is 133 Å². The van der Waals surface area contributed by atoms with Crippen LogP contribution in [0.25, 0.3) is 0 Å². The van der Waals surface area contributed by atoms with E-state index in [9.17, 15) is 4.79 Å². The lowest BCUT2D eigenvalue weighted by Gasteiger charge is -2.39. The maximum absolute atomic E-state index is 12.2. The Kier molecular flexibility index (Phi) is 4.70. The molecule has 2 aromatic rings. The average molecular weight is 317 g/mol. The molecule has 3 rings (SSSR count). The number of methoxy groups -OCH3 is 1. The third-order valence-electron chi connectivity index (χ3n) is 3.88. The van der Waals surface area contributed by atoms with E-state index in [1.807, 2.05) is 29.6 Å². The smallest absolute Gasteiger partial charge is 0.237 e. The third kappa shape index (κ3) is 3.45. The van der Waals surface area contributed by atoms with E-state index >= 15 is 0 Å². The lowest BCUT2D eigenvalue weighted by molar-refractivity contribution is -0.131. The van der Waals surface area contributed by atoms with Crippen LogP contribution in [-0.2, 0) is 17.9 Å². The lowest BCUT2D eigenvalue weighted by atomic mass is 10.0. The highest BCUT2D eigenvalue weighted by Gasteiger charge is 2.33. The number of likely N-dealkylation sites (tertiary alicyclic amines) is 1. The van der Waals surface area contributed by atoms with E-state index < -0.39 is 0 Å². The second-order valence-electron chi connectivity index (χ2n) is 5.27. The zero-order valence-electron chi connectivity index (χ0n) is 12.5. The molecule has 0 radical (unpaired) electrons. The third-order valence-corrected chi connectivity index (χ3v) is 4.65. The molecule has 1 unspecified atom stereocenters. The molecule has 22 heavy (non-hydrogen) atoms. The number of hydrogen-bond acceptors (Lipinski definition) is 5. The summed E-state index contributed by atoms with van der Waals surface area (Å²) in [4.78, 5) is 18.6. The van der Waals surface area contributed by atoms with Crippen LogP contribution in [-0.4, -0.2) is 35.5 Å². The molecule has 1 aromatic heterocycles. The molecular weight excluding hydrogens is 298 g/mol. The first kappa shape index (κ1) is 15.0. The summed E-state index contributed by atoms with van der Waals surface area (Å²) in [5, 5.41) is 5.83. The minimum atomic E-state index is -0.0259. The highest BCUT2D eigenvalue weighted by molar-refractivity contribution is 7.09. The molecule has 1 fully saturated rings. The number of nitrogens with zero attached hydrogens (tertiary/aromatic N) is 2. The summed E-state index contributed by atoms with van der Waals surface area (Å²) in [6, 6.07) is 7.96. The molecule has 116 valence electrons. The largest absolute Gasteiger partial charge is 0.497 e. The Morgan fingerprint density at radius 2 is 2.27 bits per heavy atom. The Morgan fingerprint density at radius 3 is 2.86 bits per heavy atom. The van der Waals surface area contributed by atoms with Crippen molar-refractivity contribution in [3.8, 4) is 5.75 Å². The van der Waals surface area contributed by atoms with Gasteiger partial charge in [0.2, 0.25) is 5.91 Å². The number of aromatic nitrogens is 1. The van der Waals surface area contributed by atoms with Crippen LogP contribution in [0.3, 0.4) is 0 Å². The summed E-state index contributed by atoms with van der Waals surface area (Å²) in [5.41, 5.74) is 1.19. The fourth-order valence-corrected chi connectivity index (χ4v) is 3.07. The van der Waals surface area contributed by atoms with Gasteiger partial charge in [0, 0.05) is 24.7 Å². The summed E-state index contributed by atoms with van der Waals surface area (Å²) in [5.74, 6) is 0.945. The highest BCUT2D eigenvalue weighted by atomic mass is 32.1. The Bertz CT molecular complexity index is 613. The van der Waals surface area contributed by atoms with Crippen molar-refractivity contribution in [3.63, 3.8) is 0 Å². The van der Waals surface area contributed by atoms with Gasteiger partial charge < -0.3 is 10.1 Å². The first-order valence-corrected chi connectivity index (χ1v) is 8.17. The van der Waals surface area contributed by atoms with Gasteiger partial charge >= 0.3 is 0 Å². The number of rotatable bonds is 6. The molecule has 1 amide bonds. The van der Waals surface area contributed by atoms with Crippen LogP contribution >= 0.6 is 11.3 Å². The topological polar surface area (TPSA) is 54.5 Å². The Balaban J connectivity index is 1.51. The first-order chi connectivity index (χ1) is 10.8. The average Bonchev–Trinajstić information content (AvgIpc) is 3.03. The normalized spacial score (nSPS) is 17.8. The molecule has 1 N–H and O–H groups in total. The van der Waals surface area contributed by atoms with Crippen LogP contribution in [0.4, 0.5) is 0 Å². The van der Waals surface area contributed by atoms with Crippen LogP contribution in [0.2, 0.25) is 0 Å². The van der Waals surface area contributed by atoms with Crippen molar-refractivity contribution in [1.29, 1.82) is 0 Å². The van der Waals surface area contributed by atoms with Gasteiger partial charge in [-0.25, -0.2) is 4.98 Å². The van der Waals surface area contributed by atoms with Gasteiger partial charge in [0.25, 0.3) is 0 Å². The molecule has 1 atom stereocenters. The quantitative estimate of drug-likeness (QED) is 0.886. The van der Waals surface area contributed by atoms with Gasteiger partial charge in [-0.3, -0.25) is 9.69 Å². The van der Waals surface area contributed by atoms with E-state index in [1.165, 1.54) is 5.56 Å². The minimum absolute atomic E-state index is 0.0259. The maximum atomic E-state index is 12.2. The molecule has 0 saturated carbocycles. The number of amides is 1. The first-order valence-electron chi connectivity index (χ1n) is 7.29. The van der Waals surface area contributed by atoms with Gasteiger partial charge in [-0.05, 0) is 24.1 Å². The van der Waals surface area contributed by atoms with Crippen LogP contribution in [0.15, 0.2) is 35.8 Å². The fourth-order valence-electron chi connectivity index (χ4n) is 2.51. The molecular formula is C16H19N3O2S. The Morgan fingerprint density at radius 1 is 1.45 bits per heavy atom. The number of carbonyl (C=O) groups excluding carboxylic acids is 1. The number of ether oxygens (including phenoxy) is 1. The van der Waals surface area contributed by atoms with Gasteiger partial charge in [0.15, 0.2) is 0 Å². The molecule has 0 aliphatic carbocycles. The SMILES string of the molecule is COc1ccc(CN2CCC2C(=O)NCc2nccs2)cc1. The zero-order chi connectivity index (χ0) is 15.4. The standard InChI is InChI=1S/C16H19N3O2S/c1-21-13-4-2-12(3-5-13)11-19-8-6-14(19)16(20)18-10-15-17-7-9-22-15/h2-5,7,9,14H,6,8,10-11H2,1H3,(H,18,20). The van der Waals surface area contributed by atoms with Crippen molar-refractivity contribution in [2.45, 2.75) is 25.6 Å². The molecule has 5 nitrogen and oxygen atoms in total. The number of carbonyl (C=O) groups is 1. The molecule has 1 aliphatic heterocycles. The summed E-state index contributed by atoms with van der Waals surface area (Å²) >= 11 is 1.56. The predicted octanol–water partition coefficient (Wildman–Crippen LogP) is 2.04. The van der Waals surface area contributed by atoms with Crippen LogP contribution in [0.5, 0.6) is 5.75 Å². The molecule has 6 heteroatoms. The Hall–Kier alpha value is -1.92. The van der Waals surface area contributed by atoms with E-state index in [1.54, 1.807) is 24.6 Å². The summed E-state index contributed by atoms with van der Waals surface area (Å²) in [7, 11) is 1.66. The summed E-state index contributed by atoms with van der Waals surface area (Å²) < 4.78 is 5.16. The zero-order valence-corrected chi connectivity index (χ0v) is 13.3. The van der Waals surface area contributed by atoms with Gasteiger partial charge in [-0.15, -0.1) is 11.3 Å². The molecule has 2 heterocycles. The number of nitrogens with one attached hydrogen (secondary N) is 1. The van der Waals surface area contributed by atoms with Crippen molar-refractivity contribution < 1.29 is 9.53 Å². The van der Waals surface area contributed by atoms with Crippen molar-refractivity contribution in [1.82, 2.24) is 15.2 Å². The van der Waals surface area contributed by atoms with E-state index in [0.717, 1.165) is 30.3 Å². The number of benzene rings is 1. The molecule has 0 spiro atoms. The van der Waals surface area contributed by atoms with Crippen LogP contribution < -0.4 is 10.1 Å². The van der Waals surface area contributed by atoms with Crippen molar-refractivity contribution in [3.05, 3.63) is 46.4 Å². The van der Waals surface area contributed by atoms with Crippen molar-refractivity contribution in [2.24, 2.45) is 0 Å². The second-order valence-corrected chi connectivity index (χ2v) is 6.25. The van der Waals surface area contributed by atoms with Gasteiger partial charge in [-0.1, -0.05) is 12.1 Å². The second kappa shape index (κ2) is 6.89. The monoisotopic (exact) mass is 317 g/mol. The van der Waals surface area contributed by atoms with Crippen LogP contribution in [0.1, 0.15) is 17.0 Å². The molecule has 1 aromatic carbocycles. The fraction of sp³-hybridized carbons (Fsp3) is 0.375. The highest BCUT2D eigenvalue weighted by Crippen LogP contribution is 2.22. The molecule has 1 saturated heterocycles.